The molecule has 0 spiro atoms. The fourth-order valence-electron chi connectivity index (χ4n) is 3.93. The van der Waals surface area contributed by atoms with Crippen molar-refractivity contribution in [1.29, 1.82) is 0 Å². The SMILES string of the molecule is C[C@@H]1Cc2c(C(=O)N(C3CCC3)C3CCC3)n[nH]c2[C@H](C)O1. The molecule has 2 heterocycles. The van der Waals surface area contributed by atoms with Gasteiger partial charge in [-0.1, -0.05) is 0 Å². The zero-order chi connectivity index (χ0) is 15.3. The maximum atomic E-state index is 13.2. The van der Waals surface area contributed by atoms with Crippen molar-refractivity contribution in [2.24, 2.45) is 0 Å². The summed E-state index contributed by atoms with van der Waals surface area (Å²) in [6.45, 7) is 4.09. The van der Waals surface area contributed by atoms with Crippen LogP contribution in [-0.4, -0.2) is 39.2 Å². The highest BCUT2D eigenvalue weighted by Gasteiger charge is 2.40. The number of fused-ring (bicyclic) bond motifs is 1. The zero-order valence-electron chi connectivity index (χ0n) is 13.5. The van der Waals surface area contributed by atoms with Gasteiger partial charge in [0, 0.05) is 24.1 Å². The van der Waals surface area contributed by atoms with Crippen molar-refractivity contribution in [3.8, 4) is 0 Å². The molecule has 0 radical (unpaired) electrons. The summed E-state index contributed by atoms with van der Waals surface area (Å²) in [4.78, 5) is 15.3. The van der Waals surface area contributed by atoms with Gasteiger partial charge in [0.1, 0.15) is 0 Å². The Morgan fingerprint density at radius 1 is 1.18 bits per heavy atom. The van der Waals surface area contributed by atoms with Crippen molar-refractivity contribution in [2.75, 3.05) is 0 Å². The fraction of sp³-hybridized carbons (Fsp3) is 0.765. The third-order valence-corrected chi connectivity index (χ3v) is 5.61. The number of carbonyl (C=O) groups excluding carboxylic acids is 1. The number of nitrogens with one attached hydrogen (secondary N) is 1. The van der Waals surface area contributed by atoms with Crippen LogP contribution < -0.4 is 0 Å². The molecule has 5 nitrogen and oxygen atoms in total. The summed E-state index contributed by atoms with van der Waals surface area (Å²) in [5.74, 6) is 0.146. The lowest BCUT2D eigenvalue weighted by Crippen LogP contribution is -2.53. The van der Waals surface area contributed by atoms with Crippen LogP contribution in [0.2, 0.25) is 0 Å². The van der Waals surface area contributed by atoms with Crippen LogP contribution in [-0.2, 0) is 11.2 Å². The van der Waals surface area contributed by atoms with Crippen LogP contribution in [0.4, 0.5) is 0 Å². The molecule has 2 atom stereocenters. The number of hydrogen-bond acceptors (Lipinski definition) is 3. The van der Waals surface area contributed by atoms with Crippen molar-refractivity contribution in [1.82, 2.24) is 15.1 Å². The van der Waals surface area contributed by atoms with Crippen LogP contribution in [0.5, 0.6) is 0 Å². The number of aromatic nitrogens is 2. The number of nitrogens with zero attached hydrogens (tertiary/aromatic N) is 2. The highest BCUT2D eigenvalue weighted by molar-refractivity contribution is 5.94. The van der Waals surface area contributed by atoms with Crippen LogP contribution >= 0.6 is 0 Å². The van der Waals surface area contributed by atoms with Crippen LogP contribution in [0.25, 0.3) is 0 Å². The van der Waals surface area contributed by atoms with E-state index in [1.165, 1.54) is 12.8 Å². The molecule has 2 aliphatic carbocycles. The summed E-state index contributed by atoms with van der Waals surface area (Å²) in [6, 6.07) is 0.889. The first kappa shape index (κ1) is 14.2. The van der Waals surface area contributed by atoms with Crippen molar-refractivity contribution in [3.63, 3.8) is 0 Å². The Morgan fingerprint density at radius 3 is 2.36 bits per heavy atom. The van der Waals surface area contributed by atoms with E-state index in [0.29, 0.717) is 17.8 Å². The second-order valence-electron chi connectivity index (χ2n) is 7.14. The lowest BCUT2D eigenvalue weighted by Gasteiger charge is -2.46. The van der Waals surface area contributed by atoms with E-state index in [0.717, 1.165) is 43.4 Å². The number of H-pyrrole nitrogens is 1. The Balaban J connectivity index is 1.64. The number of hydrogen-bond donors (Lipinski definition) is 1. The summed E-state index contributed by atoms with van der Waals surface area (Å²) in [7, 11) is 0. The molecule has 1 amide bonds. The lowest BCUT2D eigenvalue weighted by molar-refractivity contribution is -0.00719. The van der Waals surface area contributed by atoms with Gasteiger partial charge in [-0.2, -0.15) is 5.10 Å². The molecule has 0 saturated heterocycles. The smallest absolute Gasteiger partial charge is 0.275 e. The number of carbonyl (C=O) groups is 1. The highest BCUT2D eigenvalue weighted by atomic mass is 16.5. The van der Waals surface area contributed by atoms with Crippen molar-refractivity contribution < 1.29 is 9.53 Å². The quantitative estimate of drug-likeness (QED) is 0.934. The van der Waals surface area contributed by atoms with Gasteiger partial charge in [-0.3, -0.25) is 9.89 Å². The van der Waals surface area contributed by atoms with Crippen LogP contribution in [0, 0.1) is 0 Å². The van der Waals surface area contributed by atoms with Crippen LogP contribution in [0.15, 0.2) is 0 Å². The molecule has 0 bridgehead atoms. The van der Waals surface area contributed by atoms with Crippen LogP contribution in [0.3, 0.4) is 0 Å². The Morgan fingerprint density at radius 2 is 1.82 bits per heavy atom. The van der Waals surface area contributed by atoms with E-state index in [2.05, 4.69) is 22.0 Å². The normalized spacial score (nSPS) is 28.6. The summed E-state index contributed by atoms with van der Waals surface area (Å²) in [5.41, 5.74) is 2.72. The first-order valence-electron chi connectivity index (χ1n) is 8.70. The van der Waals surface area contributed by atoms with Gasteiger partial charge in [0.2, 0.25) is 0 Å². The maximum Gasteiger partial charge on any atom is 0.275 e. The number of ether oxygens (including phenoxy) is 1. The van der Waals surface area contributed by atoms with E-state index >= 15 is 0 Å². The van der Waals surface area contributed by atoms with E-state index in [-0.39, 0.29) is 18.1 Å². The Kier molecular flexibility index (Phi) is 3.48. The van der Waals surface area contributed by atoms with E-state index in [9.17, 15) is 4.79 Å². The fourth-order valence-corrected chi connectivity index (χ4v) is 3.93. The van der Waals surface area contributed by atoms with Crippen molar-refractivity contribution in [2.45, 2.75) is 83.1 Å². The monoisotopic (exact) mass is 303 g/mol. The Labute approximate surface area is 131 Å². The van der Waals surface area contributed by atoms with Gasteiger partial charge in [-0.15, -0.1) is 0 Å². The number of amides is 1. The summed E-state index contributed by atoms with van der Waals surface area (Å²) in [6.07, 6.45) is 8.05. The average Bonchev–Trinajstić information content (AvgIpc) is 2.76. The van der Waals surface area contributed by atoms with Gasteiger partial charge in [-0.25, -0.2) is 0 Å². The molecular weight excluding hydrogens is 278 g/mol. The van der Waals surface area contributed by atoms with E-state index < -0.39 is 0 Å². The Bertz CT molecular complexity index is 560. The Hall–Kier alpha value is -1.36. The molecule has 1 N–H and O–H groups in total. The van der Waals surface area contributed by atoms with Crippen molar-refractivity contribution in [3.05, 3.63) is 17.0 Å². The maximum absolute atomic E-state index is 13.2. The molecule has 0 unspecified atom stereocenters. The largest absolute Gasteiger partial charge is 0.369 e. The molecule has 1 aromatic heterocycles. The van der Waals surface area contributed by atoms with Gasteiger partial charge in [0.15, 0.2) is 5.69 Å². The molecule has 120 valence electrons. The van der Waals surface area contributed by atoms with E-state index in [4.69, 9.17) is 4.74 Å². The minimum atomic E-state index is -0.00587. The average molecular weight is 303 g/mol. The molecule has 1 aliphatic heterocycles. The summed E-state index contributed by atoms with van der Waals surface area (Å²) >= 11 is 0. The second-order valence-corrected chi connectivity index (χ2v) is 7.14. The molecule has 4 rings (SSSR count). The van der Waals surface area contributed by atoms with E-state index in [1.54, 1.807) is 0 Å². The minimum Gasteiger partial charge on any atom is -0.369 e. The summed E-state index contributed by atoms with van der Waals surface area (Å²) in [5, 5.41) is 7.45. The third-order valence-electron chi connectivity index (χ3n) is 5.61. The van der Waals surface area contributed by atoms with Gasteiger partial charge in [-0.05, 0) is 52.4 Å². The third kappa shape index (κ3) is 2.18. The molecule has 0 aromatic carbocycles. The highest BCUT2D eigenvalue weighted by Crippen LogP contribution is 2.36. The molecular formula is C17H25N3O2. The summed E-state index contributed by atoms with van der Waals surface area (Å²) < 4.78 is 5.83. The minimum absolute atomic E-state index is 0.00587. The molecule has 2 fully saturated rings. The van der Waals surface area contributed by atoms with Crippen molar-refractivity contribution >= 4 is 5.91 Å². The predicted octanol–water partition coefficient (Wildman–Crippen LogP) is 2.98. The molecule has 22 heavy (non-hydrogen) atoms. The standard InChI is InChI=1S/C17H25N3O2/c1-10-9-14-15(11(2)22-10)18-19-16(14)17(21)20(12-5-3-6-12)13-7-4-8-13/h10-13H,3-9H2,1-2H3,(H,18,19)/t10-,11+/m1/s1. The van der Waals surface area contributed by atoms with Gasteiger partial charge in [0.05, 0.1) is 17.9 Å². The van der Waals surface area contributed by atoms with Gasteiger partial charge < -0.3 is 9.64 Å². The molecule has 5 heteroatoms. The van der Waals surface area contributed by atoms with Crippen LogP contribution in [0.1, 0.15) is 80.2 Å². The predicted molar refractivity (Wildman–Crippen MR) is 82.7 cm³/mol. The van der Waals surface area contributed by atoms with E-state index in [1.807, 2.05) is 6.92 Å². The van der Waals surface area contributed by atoms with Gasteiger partial charge in [0.25, 0.3) is 5.91 Å². The lowest BCUT2D eigenvalue weighted by atomic mass is 9.84. The topological polar surface area (TPSA) is 58.2 Å². The second kappa shape index (κ2) is 5.37. The number of aromatic amines is 1. The molecule has 3 aliphatic rings. The molecule has 2 saturated carbocycles. The molecule has 1 aromatic rings. The first-order chi connectivity index (χ1) is 10.6. The number of rotatable bonds is 3. The zero-order valence-corrected chi connectivity index (χ0v) is 13.5. The first-order valence-corrected chi connectivity index (χ1v) is 8.70. The van der Waals surface area contributed by atoms with Gasteiger partial charge >= 0.3 is 0 Å².